The lowest BCUT2D eigenvalue weighted by atomic mass is 10.00. The fourth-order valence-corrected chi connectivity index (χ4v) is 12.2. The van der Waals surface area contributed by atoms with Gasteiger partial charge in [0.15, 0.2) is 12.2 Å². The third-order valence-electron chi connectivity index (χ3n) is 16.7. The highest BCUT2D eigenvalue weighted by molar-refractivity contribution is 7.47. The van der Waals surface area contributed by atoms with E-state index in [4.69, 9.17) is 37.0 Å². The zero-order valence-corrected chi connectivity index (χ0v) is 60.6. The second-order valence-electron chi connectivity index (χ2n) is 27.3. The van der Waals surface area contributed by atoms with E-state index in [1.165, 1.54) is 141 Å². The van der Waals surface area contributed by atoms with E-state index in [-0.39, 0.29) is 25.7 Å². The summed E-state index contributed by atoms with van der Waals surface area (Å²) in [5.41, 5.74) is 0. The molecule has 534 valence electrons. The van der Waals surface area contributed by atoms with Crippen molar-refractivity contribution in [1.82, 2.24) is 0 Å². The van der Waals surface area contributed by atoms with Crippen LogP contribution in [-0.2, 0) is 65.4 Å². The molecule has 0 aliphatic heterocycles. The molecular formula is C71H138O17P2. The molecule has 0 aromatic rings. The average molecular weight is 1330 g/mol. The van der Waals surface area contributed by atoms with E-state index in [9.17, 15) is 43.2 Å². The number of aliphatic hydroxyl groups is 1. The van der Waals surface area contributed by atoms with Crippen LogP contribution in [0.15, 0.2) is 0 Å². The van der Waals surface area contributed by atoms with Crippen LogP contribution in [0, 0.1) is 23.7 Å². The maximum atomic E-state index is 13.0. The summed E-state index contributed by atoms with van der Waals surface area (Å²) in [4.78, 5) is 72.4. The molecule has 0 bridgehead atoms. The number of phosphoric ester groups is 2. The van der Waals surface area contributed by atoms with Gasteiger partial charge in [-0.15, -0.1) is 0 Å². The van der Waals surface area contributed by atoms with Gasteiger partial charge in [-0.1, -0.05) is 299 Å². The summed E-state index contributed by atoms with van der Waals surface area (Å²) in [6, 6.07) is 0. The van der Waals surface area contributed by atoms with Crippen LogP contribution in [-0.4, -0.2) is 96.7 Å². The van der Waals surface area contributed by atoms with E-state index in [0.717, 1.165) is 115 Å². The molecule has 0 amide bonds. The van der Waals surface area contributed by atoms with Crippen molar-refractivity contribution in [1.29, 1.82) is 0 Å². The molecule has 17 nitrogen and oxygen atoms in total. The summed E-state index contributed by atoms with van der Waals surface area (Å²) in [6.45, 7) is 14.0. The number of rotatable bonds is 68. The van der Waals surface area contributed by atoms with E-state index in [1.54, 1.807) is 0 Å². The van der Waals surface area contributed by atoms with Crippen molar-refractivity contribution < 1.29 is 80.2 Å². The number of esters is 4. The van der Waals surface area contributed by atoms with Crippen LogP contribution in [0.3, 0.4) is 0 Å². The minimum atomic E-state index is -4.95. The molecule has 3 unspecified atom stereocenters. The van der Waals surface area contributed by atoms with Crippen molar-refractivity contribution in [2.24, 2.45) is 23.7 Å². The summed E-state index contributed by atoms with van der Waals surface area (Å²) < 4.78 is 68.2. The Kier molecular flexibility index (Phi) is 59.4. The number of phosphoric acid groups is 2. The number of ether oxygens (including phenoxy) is 4. The lowest BCUT2D eigenvalue weighted by Gasteiger charge is -2.21. The molecule has 0 saturated carbocycles. The van der Waals surface area contributed by atoms with Crippen LogP contribution < -0.4 is 0 Å². The van der Waals surface area contributed by atoms with E-state index in [1.807, 2.05) is 0 Å². The Morgan fingerprint density at radius 1 is 0.311 bits per heavy atom. The Morgan fingerprint density at radius 2 is 0.533 bits per heavy atom. The highest BCUT2D eigenvalue weighted by Crippen LogP contribution is 2.45. The molecule has 0 saturated heterocycles. The average Bonchev–Trinajstić information content (AvgIpc) is 2.75. The molecule has 90 heavy (non-hydrogen) atoms. The van der Waals surface area contributed by atoms with Crippen LogP contribution >= 0.6 is 15.6 Å². The summed E-state index contributed by atoms with van der Waals surface area (Å²) >= 11 is 0. The molecule has 0 radical (unpaired) electrons. The number of hydrogen-bond donors (Lipinski definition) is 3. The maximum absolute atomic E-state index is 13.0. The van der Waals surface area contributed by atoms with Gasteiger partial charge in [-0.05, 0) is 49.4 Å². The minimum absolute atomic E-state index is 0.102. The molecule has 0 rings (SSSR count). The topological polar surface area (TPSA) is 237 Å². The Morgan fingerprint density at radius 3 is 0.789 bits per heavy atom. The number of hydrogen-bond acceptors (Lipinski definition) is 15. The molecule has 19 heteroatoms. The normalized spacial score (nSPS) is 14.6. The summed E-state index contributed by atoms with van der Waals surface area (Å²) in [5, 5.41) is 10.6. The second kappa shape index (κ2) is 60.7. The monoisotopic (exact) mass is 1320 g/mol. The Labute approximate surface area is 549 Å². The largest absolute Gasteiger partial charge is 0.472 e. The summed E-state index contributed by atoms with van der Waals surface area (Å²) in [5.74, 6) is 0.792. The first-order valence-corrected chi connectivity index (χ1v) is 39.7. The molecule has 6 atom stereocenters. The maximum Gasteiger partial charge on any atom is 0.472 e. The molecule has 0 aromatic carbocycles. The lowest BCUT2D eigenvalue weighted by Crippen LogP contribution is -2.30. The number of unbranched alkanes of at least 4 members (excludes halogenated alkanes) is 33. The third kappa shape index (κ3) is 63.5. The standard InChI is InChI=1S/C71H138O17P2/c1-9-64(8)50-42-34-28-30-36-44-52-69(74)82-58-66(87-70(75)53-45-37-25-21-19-17-15-13-11-10-12-14-16-18-20-23-31-39-47-61(2)3)59-85-89(77,78)83-55-65(72)56-84-90(79,80)86-60-67(57-81-68(73)51-43-35-29-27-33-41-49-63(6)7)88-71(76)54-46-38-26-22-24-32-40-48-62(4)5/h61-67,72H,9-60H2,1-8H3,(H,77,78)(H,79,80)/t64?,65-,66+,67+/m0/s1. The Hall–Kier alpha value is -1.94. The first-order valence-electron chi connectivity index (χ1n) is 36.7. The van der Waals surface area contributed by atoms with E-state index in [2.05, 4.69) is 55.4 Å². The van der Waals surface area contributed by atoms with Gasteiger partial charge in [0.2, 0.25) is 0 Å². The SMILES string of the molecule is CCC(C)CCCCCCCCC(=O)OC[C@H](COP(=O)(O)OC[C@H](O)COP(=O)(O)OC[C@@H](COC(=O)CCCCCCCCC(C)C)OC(=O)CCCCCCCCCC(C)C)OC(=O)CCCCCCCCCCCCCCCCCCCCC(C)C. The molecule has 0 heterocycles. The highest BCUT2D eigenvalue weighted by Gasteiger charge is 2.30. The molecular weight excluding hydrogens is 1190 g/mol. The first kappa shape index (κ1) is 88.1. The first-order chi connectivity index (χ1) is 43.1. The highest BCUT2D eigenvalue weighted by atomic mass is 31.2. The molecule has 0 aliphatic rings. The van der Waals surface area contributed by atoms with Gasteiger partial charge in [-0.3, -0.25) is 37.3 Å². The van der Waals surface area contributed by atoms with E-state index in [0.29, 0.717) is 37.5 Å². The van der Waals surface area contributed by atoms with Crippen LogP contribution in [0.1, 0.15) is 351 Å². The fourth-order valence-electron chi connectivity index (χ4n) is 10.6. The van der Waals surface area contributed by atoms with Gasteiger partial charge in [0, 0.05) is 25.7 Å². The van der Waals surface area contributed by atoms with Crippen LogP contribution in [0.2, 0.25) is 0 Å². The van der Waals surface area contributed by atoms with Gasteiger partial charge in [0.05, 0.1) is 26.4 Å². The van der Waals surface area contributed by atoms with Crippen LogP contribution in [0.25, 0.3) is 0 Å². The van der Waals surface area contributed by atoms with Crippen molar-refractivity contribution >= 4 is 39.5 Å². The van der Waals surface area contributed by atoms with Gasteiger partial charge in [-0.25, -0.2) is 9.13 Å². The third-order valence-corrected chi connectivity index (χ3v) is 18.6. The van der Waals surface area contributed by atoms with Crippen LogP contribution in [0.5, 0.6) is 0 Å². The van der Waals surface area contributed by atoms with Gasteiger partial charge in [0.25, 0.3) is 0 Å². The second-order valence-corrected chi connectivity index (χ2v) is 30.2. The van der Waals surface area contributed by atoms with Crippen molar-refractivity contribution in [3.8, 4) is 0 Å². The van der Waals surface area contributed by atoms with Crippen molar-refractivity contribution in [3.63, 3.8) is 0 Å². The van der Waals surface area contributed by atoms with Crippen molar-refractivity contribution in [3.05, 3.63) is 0 Å². The van der Waals surface area contributed by atoms with Crippen LogP contribution in [0.4, 0.5) is 0 Å². The molecule has 3 N–H and O–H groups in total. The summed E-state index contributed by atoms with van der Waals surface area (Å²) in [6.07, 6.45) is 43.5. The zero-order valence-electron chi connectivity index (χ0n) is 58.8. The fraction of sp³-hybridized carbons (Fsp3) is 0.944. The Balaban J connectivity index is 5.15. The number of carbonyl (C=O) groups is 4. The zero-order chi connectivity index (χ0) is 66.8. The van der Waals surface area contributed by atoms with Crippen molar-refractivity contribution in [2.75, 3.05) is 39.6 Å². The van der Waals surface area contributed by atoms with Gasteiger partial charge >= 0.3 is 39.5 Å². The predicted octanol–water partition coefficient (Wildman–Crippen LogP) is 20.1. The van der Waals surface area contributed by atoms with E-state index >= 15 is 0 Å². The van der Waals surface area contributed by atoms with Gasteiger partial charge in [0.1, 0.15) is 19.3 Å². The quantitative estimate of drug-likeness (QED) is 0.0222. The number of aliphatic hydroxyl groups excluding tert-OH is 1. The molecule has 0 fully saturated rings. The van der Waals surface area contributed by atoms with Gasteiger partial charge < -0.3 is 33.8 Å². The Bertz CT molecular complexity index is 1780. The lowest BCUT2D eigenvalue weighted by molar-refractivity contribution is -0.161. The molecule has 0 aromatic heterocycles. The summed E-state index contributed by atoms with van der Waals surface area (Å²) in [7, 11) is -9.90. The smallest absolute Gasteiger partial charge is 0.462 e. The number of carbonyl (C=O) groups excluding carboxylic acids is 4. The van der Waals surface area contributed by atoms with E-state index < -0.39 is 97.5 Å². The molecule has 0 aliphatic carbocycles. The minimum Gasteiger partial charge on any atom is -0.462 e. The van der Waals surface area contributed by atoms with Gasteiger partial charge in [-0.2, -0.15) is 0 Å². The van der Waals surface area contributed by atoms with Crippen molar-refractivity contribution in [2.45, 2.75) is 369 Å². The molecule has 0 spiro atoms. The predicted molar refractivity (Wildman–Crippen MR) is 363 cm³/mol.